The van der Waals surface area contributed by atoms with E-state index >= 15 is 0 Å². The van der Waals surface area contributed by atoms with Crippen molar-refractivity contribution in [3.8, 4) is 0 Å². The normalized spacial score (nSPS) is 30.2. The van der Waals surface area contributed by atoms with E-state index in [9.17, 15) is 9.59 Å². The lowest BCUT2D eigenvalue weighted by atomic mass is 9.99. The monoisotopic (exact) mass is 354 g/mol. The number of hydrogen-bond acceptors (Lipinski definition) is 7. The zero-order valence-corrected chi connectivity index (χ0v) is 15.2. The number of morpholine rings is 1. The third-order valence-electron chi connectivity index (χ3n) is 5.51. The van der Waals surface area contributed by atoms with Gasteiger partial charge in [0.15, 0.2) is 0 Å². The molecule has 0 aromatic carbocycles. The number of ether oxygens (including phenoxy) is 3. The van der Waals surface area contributed by atoms with Gasteiger partial charge in [0.2, 0.25) is 0 Å². The molecule has 3 rings (SSSR count). The minimum atomic E-state index is -0.501. The van der Waals surface area contributed by atoms with Crippen LogP contribution in [0.3, 0.4) is 0 Å². The highest BCUT2D eigenvalue weighted by Crippen LogP contribution is 2.36. The zero-order valence-electron chi connectivity index (χ0n) is 15.2. The molecule has 0 amide bonds. The van der Waals surface area contributed by atoms with Crippen LogP contribution in [0.25, 0.3) is 0 Å². The predicted molar refractivity (Wildman–Crippen MR) is 91.1 cm³/mol. The van der Waals surface area contributed by atoms with Gasteiger partial charge in [-0.3, -0.25) is 19.4 Å². The minimum absolute atomic E-state index is 0.0564. The van der Waals surface area contributed by atoms with Crippen LogP contribution in [0.5, 0.6) is 0 Å². The molecular weight excluding hydrogens is 324 g/mol. The summed E-state index contributed by atoms with van der Waals surface area (Å²) in [6, 6.07) is 1.00. The van der Waals surface area contributed by atoms with E-state index in [1.165, 1.54) is 12.8 Å². The molecule has 0 aromatic heterocycles. The summed E-state index contributed by atoms with van der Waals surface area (Å²) in [4.78, 5) is 28.3. The van der Waals surface area contributed by atoms with Crippen LogP contribution < -0.4 is 0 Å². The highest BCUT2D eigenvalue weighted by atomic mass is 16.6. The second-order valence-electron chi connectivity index (χ2n) is 7.14. The van der Waals surface area contributed by atoms with Gasteiger partial charge in [0.05, 0.1) is 19.8 Å². The Morgan fingerprint density at radius 2 is 1.72 bits per heavy atom. The average molecular weight is 354 g/mol. The Morgan fingerprint density at radius 1 is 1.04 bits per heavy atom. The van der Waals surface area contributed by atoms with Crippen LogP contribution >= 0.6 is 0 Å². The first-order chi connectivity index (χ1) is 12.2. The molecule has 3 saturated heterocycles. The maximum atomic E-state index is 11.9. The minimum Gasteiger partial charge on any atom is -0.466 e. The van der Waals surface area contributed by atoms with Gasteiger partial charge in [-0.05, 0) is 19.8 Å². The molecule has 3 heterocycles. The van der Waals surface area contributed by atoms with Crippen LogP contribution in [0.2, 0.25) is 0 Å². The van der Waals surface area contributed by atoms with Gasteiger partial charge in [-0.2, -0.15) is 0 Å². The van der Waals surface area contributed by atoms with Crippen LogP contribution in [-0.2, 0) is 23.8 Å². The Kier molecular flexibility index (Phi) is 6.67. The van der Waals surface area contributed by atoms with E-state index < -0.39 is 11.9 Å². The van der Waals surface area contributed by atoms with E-state index in [0.29, 0.717) is 12.1 Å². The number of nitrogens with zero attached hydrogens (tertiary/aromatic N) is 2. The summed E-state index contributed by atoms with van der Waals surface area (Å²) in [5, 5.41) is 0. The number of carbonyl (C=O) groups excluding carboxylic acids is 2. The Labute approximate surface area is 149 Å². The zero-order chi connectivity index (χ0) is 17.6. The lowest BCUT2D eigenvalue weighted by Crippen LogP contribution is -2.49. The standard InChI is InChI=1S/C18H30N2O5/c1-2-24-17(21)13-18(22)25-16-11-14-3-4-15(12-16)20(14)6-5-19-7-9-23-10-8-19/h14-16H,2-13H2,1H3. The van der Waals surface area contributed by atoms with Crippen molar-refractivity contribution >= 4 is 11.9 Å². The molecule has 3 aliphatic rings. The molecule has 0 spiro atoms. The molecule has 2 bridgehead atoms. The van der Waals surface area contributed by atoms with Gasteiger partial charge in [0.25, 0.3) is 0 Å². The third-order valence-corrected chi connectivity index (χ3v) is 5.51. The van der Waals surface area contributed by atoms with E-state index in [2.05, 4.69) is 9.80 Å². The molecule has 7 nitrogen and oxygen atoms in total. The first kappa shape index (κ1) is 18.6. The summed E-state index contributed by atoms with van der Waals surface area (Å²) in [5.74, 6) is -0.956. The molecule has 0 radical (unpaired) electrons. The van der Waals surface area contributed by atoms with Gasteiger partial charge >= 0.3 is 11.9 Å². The summed E-state index contributed by atoms with van der Waals surface area (Å²) in [6.07, 6.45) is 3.79. The largest absolute Gasteiger partial charge is 0.466 e. The molecule has 0 N–H and O–H groups in total. The van der Waals surface area contributed by atoms with E-state index in [1.807, 2.05) is 0 Å². The lowest BCUT2D eigenvalue weighted by molar-refractivity contribution is -0.159. The quantitative estimate of drug-likeness (QED) is 0.495. The van der Waals surface area contributed by atoms with Crippen LogP contribution in [0.15, 0.2) is 0 Å². The van der Waals surface area contributed by atoms with Crippen molar-refractivity contribution in [3.05, 3.63) is 0 Å². The maximum absolute atomic E-state index is 11.9. The number of fused-ring (bicyclic) bond motifs is 2. The van der Waals surface area contributed by atoms with E-state index in [1.54, 1.807) is 6.92 Å². The summed E-state index contributed by atoms with van der Waals surface area (Å²) in [6.45, 7) is 7.92. The molecule has 2 unspecified atom stereocenters. The van der Waals surface area contributed by atoms with Gasteiger partial charge in [-0.15, -0.1) is 0 Å². The van der Waals surface area contributed by atoms with Crippen LogP contribution in [0, 0.1) is 0 Å². The highest BCUT2D eigenvalue weighted by Gasteiger charge is 2.41. The Balaban J connectivity index is 1.42. The smallest absolute Gasteiger partial charge is 0.317 e. The van der Waals surface area contributed by atoms with Crippen LogP contribution in [0.4, 0.5) is 0 Å². The molecule has 25 heavy (non-hydrogen) atoms. The highest BCUT2D eigenvalue weighted by molar-refractivity contribution is 5.91. The van der Waals surface area contributed by atoms with Gasteiger partial charge < -0.3 is 14.2 Å². The van der Waals surface area contributed by atoms with Crippen molar-refractivity contribution in [2.24, 2.45) is 0 Å². The Hall–Kier alpha value is -1.18. The SMILES string of the molecule is CCOC(=O)CC(=O)OC1CC2CCC(C1)N2CCN1CCOCC1. The van der Waals surface area contributed by atoms with Crippen molar-refractivity contribution in [1.82, 2.24) is 9.80 Å². The Morgan fingerprint density at radius 3 is 2.36 bits per heavy atom. The maximum Gasteiger partial charge on any atom is 0.317 e. The third kappa shape index (κ3) is 5.15. The van der Waals surface area contributed by atoms with Crippen molar-refractivity contribution in [3.63, 3.8) is 0 Å². The fourth-order valence-electron chi connectivity index (χ4n) is 4.32. The second kappa shape index (κ2) is 8.96. The Bertz CT molecular complexity index is 452. The van der Waals surface area contributed by atoms with Gasteiger partial charge in [0.1, 0.15) is 12.5 Å². The van der Waals surface area contributed by atoms with E-state index in [0.717, 1.165) is 52.2 Å². The van der Waals surface area contributed by atoms with Crippen LogP contribution in [-0.4, -0.2) is 85.9 Å². The van der Waals surface area contributed by atoms with Gasteiger partial charge in [-0.25, -0.2) is 0 Å². The fourth-order valence-corrected chi connectivity index (χ4v) is 4.32. The number of esters is 2. The van der Waals surface area contributed by atoms with Crippen molar-refractivity contribution in [2.75, 3.05) is 46.0 Å². The summed E-state index contributed by atoms with van der Waals surface area (Å²) >= 11 is 0. The molecule has 0 aromatic rings. The number of piperidine rings is 1. The van der Waals surface area contributed by atoms with Gasteiger partial charge in [0, 0.05) is 51.1 Å². The van der Waals surface area contributed by atoms with E-state index in [4.69, 9.17) is 14.2 Å². The fraction of sp³-hybridized carbons (Fsp3) is 0.889. The molecule has 0 aliphatic carbocycles. The summed E-state index contributed by atoms with van der Waals surface area (Å²) in [5.41, 5.74) is 0. The lowest BCUT2D eigenvalue weighted by Gasteiger charge is -2.39. The summed E-state index contributed by atoms with van der Waals surface area (Å²) in [7, 11) is 0. The molecule has 3 aliphatic heterocycles. The predicted octanol–water partition coefficient (Wildman–Crippen LogP) is 0.810. The first-order valence-corrected chi connectivity index (χ1v) is 9.56. The second-order valence-corrected chi connectivity index (χ2v) is 7.14. The molecule has 0 saturated carbocycles. The molecule has 3 fully saturated rings. The number of carbonyl (C=O) groups is 2. The summed E-state index contributed by atoms with van der Waals surface area (Å²) < 4.78 is 15.7. The topological polar surface area (TPSA) is 68.3 Å². The number of rotatable bonds is 7. The van der Waals surface area contributed by atoms with Crippen molar-refractivity contribution in [2.45, 2.75) is 57.2 Å². The number of hydrogen-bond donors (Lipinski definition) is 0. The average Bonchev–Trinajstić information content (AvgIpc) is 2.83. The van der Waals surface area contributed by atoms with Crippen molar-refractivity contribution < 1.29 is 23.8 Å². The van der Waals surface area contributed by atoms with Gasteiger partial charge in [-0.1, -0.05) is 0 Å². The van der Waals surface area contributed by atoms with Crippen LogP contribution in [0.1, 0.15) is 39.0 Å². The first-order valence-electron chi connectivity index (χ1n) is 9.56. The molecule has 7 heteroatoms. The van der Waals surface area contributed by atoms with Crippen molar-refractivity contribution in [1.29, 1.82) is 0 Å². The molecule has 142 valence electrons. The molecular formula is C18H30N2O5. The molecule has 2 atom stereocenters. The van der Waals surface area contributed by atoms with E-state index in [-0.39, 0.29) is 19.1 Å².